The Kier molecular flexibility index (Phi) is 3.98. The highest BCUT2D eigenvalue weighted by Crippen LogP contribution is 2.25. The van der Waals surface area contributed by atoms with Gasteiger partial charge in [-0.3, -0.25) is 9.89 Å². The van der Waals surface area contributed by atoms with Gasteiger partial charge in [0.05, 0.1) is 12.3 Å². The third-order valence-corrected chi connectivity index (χ3v) is 3.53. The molecule has 110 valence electrons. The zero-order valence-corrected chi connectivity index (χ0v) is 11.8. The summed E-state index contributed by atoms with van der Waals surface area (Å²) in [7, 11) is 0. The zero-order valence-electron chi connectivity index (χ0n) is 11.8. The number of H-pyrrole nitrogens is 1. The molecule has 0 radical (unpaired) electrons. The van der Waals surface area contributed by atoms with E-state index in [-0.39, 0.29) is 5.91 Å². The molecule has 1 aromatic heterocycles. The Morgan fingerprint density at radius 1 is 1.38 bits per heavy atom. The molecule has 21 heavy (non-hydrogen) atoms. The lowest BCUT2D eigenvalue weighted by atomic mass is 10.1. The molecule has 6 nitrogen and oxygen atoms in total. The lowest BCUT2D eigenvalue weighted by molar-refractivity contribution is -0.128. The number of rotatable bonds is 3. The molecule has 3 N–H and O–H groups in total. The van der Waals surface area contributed by atoms with Crippen molar-refractivity contribution in [1.29, 1.82) is 0 Å². The van der Waals surface area contributed by atoms with Crippen LogP contribution in [0.15, 0.2) is 30.3 Å². The Morgan fingerprint density at radius 3 is 2.90 bits per heavy atom. The Labute approximate surface area is 122 Å². The summed E-state index contributed by atoms with van der Waals surface area (Å²) in [5, 5.41) is 13.1. The lowest BCUT2D eigenvalue weighted by Crippen LogP contribution is -2.45. The van der Waals surface area contributed by atoms with Gasteiger partial charge in [0.1, 0.15) is 6.10 Å². The molecule has 1 aliphatic heterocycles. The van der Waals surface area contributed by atoms with E-state index < -0.39 is 6.10 Å². The van der Waals surface area contributed by atoms with Crippen LogP contribution < -0.4 is 10.6 Å². The van der Waals surface area contributed by atoms with Gasteiger partial charge in [-0.15, -0.1) is 0 Å². The molecule has 2 aromatic rings. The van der Waals surface area contributed by atoms with Crippen LogP contribution in [0.2, 0.25) is 0 Å². The fourth-order valence-electron chi connectivity index (χ4n) is 2.34. The summed E-state index contributed by atoms with van der Waals surface area (Å²) in [6.07, 6.45) is -0.463. The number of nitrogens with one attached hydrogen (secondary N) is 3. The van der Waals surface area contributed by atoms with E-state index in [0.29, 0.717) is 19.0 Å². The average molecular weight is 286 g/mol. The third kappa shape index (κ3) is 2.96. The van der Waals surface area contributed by atoms with E-state index in [1.165, 1.54) is 0 Å². The maximum atomic E-state index is 12.1. The van der Waals surface area contributed by atoms with E-state index in [2.05, 4.69) is 20.8 Å². The summed E-state index contributed by atoms with van der Waals surface area (Å²) >= 11 is 0. The number of nitrogens with zero attached hydrogens (tertiary/aromatic N) is 1. The largest absolute Gasteiger partial charge is 0.366 e. The van der Waals surface area contributed by atoms with Crippen molar-refractivity contribution in [2.75, 3.05) is 25.0 Å². The summed E-state index contributed by atoms with van der Waals surface area (Å²) < 4.78 is 5.43. The molecule has 1 aromatic carbocycles. The Balaban J connectivity index is 1.75. The van der Waals surface area contributed by atoms with Crippen LogP contribution in [0.3, 0.4) is 0 Å². The standard InChI is InChI=1S/C15H18N4O2/c1-10-13(11-5-3-2-4-6-11)18-19-14(10)17-15(20)12-9-16-7-8-21-12/h2-6,12,16H,7-9H2,1H3,(H2,17,18,19,20)/t12-/m1/s1. The van der Waals surface area contributed by atoms with Gasteiger partial charge in [0.25, 0.3) is 5.91 Å². The SMILES string of the molecule is Cc1c(NC(=O)[C@H]2CNCCO2)n[nH]c1-c1ccccc1. The predicted octanol–water partition coefficient (Wildman–Crippen LogP) is 1.31. The highest BCUT2D eigenvalue weighted by Gasteiger charge is 2.23. The first-order chi connectivity index (χ1) is 10.3. The van der Waals surface area contributed by atoms with Crippen LogP contribution in [0.5, 0.6) is 0 Å². The lowest BCUT2D eigenvalue weighted by Gasteiger charge is -2.22. The van der Waals surface area contributed by atoms with Crippen LogP contribution in [-0.4, -0.2) is 41.9 Å². The van der Waals surface area contributed by atoms with Gasteiger partial charge in [0.15, 0.2) is 5.82 Å². The second-order valence-electron chi connectivity index (χ2n) is 4.99. The molecule has 2 heterocycles. The normalized spacial score (nSPS) is 18.4. The fourth-order valence-corrected chi connectivity index (χ4v) is 2.34. The highest BCUT2D eigenvalue weighted by molar-refractivity contribution is 5.95. The topological polar surface area (TPSA) is 79.0 Å². The zero-order chi connectivity index (χ0) is 14.7. The molecule has 1 amide bonds. The van der Waals surface area contributed by atoms with Gasteiger partial charge in [-0.1, -0.05) is 30.3 Å². The first kappa shape index (κ1) is 13.8. The second kappa shape index (κ2) is 6.07. The average Bonchev–Trinajstić information content (AvgIpc) is 2.90. The van der Waals surface area contributed by atoms with Gasteiger partial charge >= 0.3 is 0 Å². The molecule has 0 aliphatic carbocycles. The van der Waals surface area contributed by atoms with Crippen LogP contribution in [0.1, 0.15) is 5.56 Å². The van der Waals surface area contributed by atoms with Gasteiger partial charge < -0.3 is 15.4 Å². The maximum absolute atomic E-state index is 12.1. The van der Waals surface area contributed by atoms with Crippen molar-refractivity contribution in [2.45, 2.75) is 13.0 Å². The van der Waals surface area contributed by atoms with Crippen LogP contribution in [0.25, 0.3) is 11.3 Å². The summed E-state index contributed by atoms with van der Waals surface area (Å²) in [6, 6.07) is 9.90. The van der Waals surface area contributed by atoms with Crippen LogP contribution in [-0.2, 0) is 9.53 Å². The van der Waals surface area contributed by atoms with Gasteiger partial charge in [-0.05, 0) is 12.5 Å². The summed E-state index contributed by atoms with van der Waals surface area (Å²) in [6.45, 7) is 3.79. The number of aromatic amines is 1. The van der Waals surface area contributed by atoms with Crippen molar-refractivity contribution in [2.24, 2.45) is 0 Å². The highest BCUT2D eigenvalue weighted by atomic mass is 16.5. The first-order valence-electron chi connectivity index (χ1n) is 6.99. The van der Waals surface area contributed by atoms with Crippen molar-refractivity contribution in [3.63, 3.8) is 0 Å². The minimum atomic E-state index is -0.463. The summed E-state index contributed by atoms with van der Waals surface area (Å²) in [5.41, 5.74) is 2.87. The maximum Gasteiger partial charge on any atom is 0.256 e. The van der Waals surface area contributed by atoms with Gasteiger partial charge in [-0.2, -0.15) is 5.10 Å². The molecular weight excluding hydrogens is 268 g/mol. The predicted molar refractivity (Wildman–Crippen MR) is 80.0 cm³/mol. The van der Waals surface area contributed by atoms with Crippen molar-refractivity contribution >= 4 is 11.7 Å². The Morgan fingerprint density at radius 2 is 2.19 bits per heavy atom. The van der Waals surface area contributed by atoms with E-state index in [1.807, 2.05) is 37.3 Å². The van der Waals surface area contributed by atoms with E-state index in [0.717, 1.165) is 23.4 Å². The number of ether oxygens (including phenoxy) is 1. The molecule has 0 bridgehead atoms. The second-order valence-corrected chi connectivity index (χ2v) is 4.99. The minimum Gasteiger partial charge on any atom is -0.366 e. The van der Waals surface area contributed by atoms with Crippen molar-refractivity contribution in [3.8, 4) is 11.3 Å². The molecule has 0 unspecified atom stereocenters. The van der Waals surface area contributed by atoms with Crippen molar-refractivity contribution in [3.05, 3.63) is 35.9 Å². The number of amides is 1. The quantitative estimate of drug-likeness (QED) is 0.795. The Hall–Kier alpha value is -2.18. The van der Waals surface area contributed by atoms with E-state index >= 15 is 0 Å². The molecule has 1 fully saturated rings. The fraction of sp³-hybridized carbons (Fsp3) is 0.333. The number of carbonyl (C=O) groups is 1. The van der Waals surface area contributed by atoms with Crippen LogP contribution >= 0.6 is 0 Å². The smallest absolute Gasteiger partial charge is 0.256 e. The third-order valence-electron chi connectivity index (χ3n) is 3.53. The molecule has 1 saturated heterocycles. The van der Waals surface area contributed by atoms with E-state index in [1.54, 1.807) is 0 Å². The number of anilines is 1. The monoisotopic (exact) mass is 286 g/mol. The van der Waals surface area contributed by atoms with Gasteiger partial charge in [0, 0.05) is 18.7 Å². The molecular formula is C15H18N4O2. The molecule has 3 rings (SSSR count). The van der Waals surface area contributed by atoms with Crippen LogP contribution in [0, 0.1) is 6.92 Å². The molecule has 1 aliphatic rings. The van der Waals surface area contributed by atoms with Gasteiger partial charge in [0.2, 0.25) is 0 Å². The summed E-state index contributed by atoms with van der Waals surface area (Å²) in [5.74, 6) is 0.379. The number of hydrogen-bond donors (Lipinski definition) is 3. The van der Waals surface area contributed by atoms with Crippen molar-refractivity contribution in [1.82, 2.24) is 15.5 Å². The number of benzene rings is 1. The van der Waals surface area contributed by atoms with Gasteiger partial charge in [-0.25, -0.2) is 0 Å². The first-order valence-corrected chi connectivity index (χ1v) is 6.99. The van der Waals surface area contributed by atoms with Crippen molar-refractivity contribution < 1.29 is 9.53 Å². The number of morpholine rings is 1. The van der Waals surface area contributed by atoms with E-state index in [4.69, 9.17) is 4.74 Å². The summed E-state index contributed by atoms with van der Waals surface area (Å²) in [4.78, 5) is 12.1. The number of aromatic nitrogens is 2. The minimum absolute atomic E-state index is 0.170. The Bertz CT molecular complexity index is 618. The van der Waals surface area contributed by atoms with Crippen LogP contribution in [0.4, 0.5) is 5.82 Å². The molecule has 0 spiro atoms. The molecule has 0 saturated carbocycles. The number of carbonyl (C=O) groups excluding carboxylic acids is 1. The molecule has 6 heteroatoms. The van der Waals surface area contributed by atoms with E-state index in [9.17, 15) is 4.79 Å². The molecule has 1 atom stereocenters. The number of hydrogen-bond acceptors (Lipinski definition) is 4.